The van der Waals surface area contributed by atoms with E-state index in [4.69, 9.17) is 4.74 Å². The molecule has 4 nitrogen and oxygen atoms in total. The fourth-order valence-corrected chi connectivity index (χ4v) is 2.62. The lowest BCUT2D eigenvalue weighted by Gasteiger charge is -2.14. The summed E-state index contributed by atoms with van der Waals surface area (Å²) in [6.45, 7) is 9.13. The van der Waals surface area contributed by atoms with Gasteiger partial charge in [0.2, 0.25) is 0 Å². The SMILES string of the molecule is CCCC(O)c1cccc(Oc2cc(C)c(/N=C/N(C)CC)cc2C)c1. The van der Waals surface area contributed by atoms with Gasteiger partial charge >= 0.3 is 0 Å². The molecule has 1 unspecified atom stereocenters. The van der Waals surface area contributed by atoms with Crippen LogP contribution in [-0.2, 0) is 0 Å². The van der Waals surface area contributed by atoms with E-state index in [2.05, 4.69) is 18.8 Å². The summed E-state index contributed by atoms with van der Waals surface area (Å²) >= 11 is 0. The van der Waals surface area contributed by atoms with Gasteiger partial charge in [-0.15, -0.1) is 0 Å². The molecule has 2 rings (SSSR count). The zero-order chi connectivity index (χ0) is 19.1. The van der Waals surface area contributed by atoms with Gasteiger partial charge in [-0.25, -0.2) is 4.99 Å². The largest absolute Gasteiger partial charge is 0.457 e. The summed E-state index contributed by atoms with van der Waals surface area (Å²) in [6.07, 6.45) is 3.10. The van der Waals surface area contributed by atoms with Crippen molar-refractivity contribution < 1.29 is 9.84 Å². The molecule has 4 heteroatoms. The predicted octanol–water partition coefficient (Wildman–Crippen LogP) is 5.54. The Hall–Kier alpha value is -2.33. The average molecular weight is 354 g/mol. The quantitative estimate of drug-likeness (QED) is 0.500. The van der Waals surface area contributed by atoms with E-state index in [1.807, 2.05) is 68.5 Å². The number of aliphatic hydroxyl groups is 1. The van der Waals surface area contributed by atoms with Crippen LogP contribution in [0.4, 0.5) is 5.69 Å². The Morgan fingerprint density at radius 3 is 2.62 bits per heavy atom. The second-order valence-corrected chi connectivity index (χ2v) is 6.70. The number of aryl methyl sites for hydroxylation is 2. The normalized spacial score (nSPS) is 12.4. The Morgan fingerprint density at radius 1 is 1.15 bits per heavy atom. The highest BCUT2D eigenvalue weighted by Gasteiger charge is 2.10. The Bertz CT molecular complexity index is 756. The Morgan fingerprint density at radius 2 is 1.92 bits per heavy atom. The Labute approximate surface area is 157 Å². The number of aliphatic imine (C=N–C) groups is 1. The van der Waals surface area contributed by atoms with Crippen LogP contribution in [-0.4, -0.2) is 29.9 Å². The first-order chi connectivity index (χ1) is 12.4. The molecule has 0 spiro atoms. The lowest BCUT2D eigenvalue weighted by Crippen LogP contribution is -2.14. The smallest absolute Gasteiger partial charge is 0.130 e. The zero-order valence-electron chi connectivity index (χ0n) is 16.5. The van der Waals surface area contributed by atoms with Crippen LogP contribution >= 0.6 is 0 Å². The fourth-order valence-electron chi connectivity index (χ4n) is 2.62. The number of hydrogen-bond acceptors (Lipinski definition) is 3. The summed E-state index contributed by atoms with van der Waals surface area (Å²) in [7, 11) is 2.00. The van der Waals surface area contributed by atoms with Gasteiger partial charge in [0, 0.05) is 13.6 Å². The highest BCUT2D eigenvalue weighted by molar-refractivity contribution is 5.64. The van der Waals surface area contributed by atoms with Crippen LogP contribution in [0.25, 0.3) is 0 Å². The molecule has 1 N–H and O–H groups in total. The van der Waals surface area contributed by atoms with Gasteiger partial charge in [0.05, 0.1) is 18.1 Å². The van der Waals surface area contributed by atoms with Gasteiger partial charge in [-0.3, -0.25) is 0 Å². The molecule has 140 valence electrons. The third-order valence-corrected chi connectivity index (χ3v) is 4.42. The third-order valence-electron chi connectivity index (χ3n) is 4.42. The minimum atomic E-state index is -0.446. The van der Waals surface area contributed by atoms with Crippen molar-refractivity contribution in [1.82, 2.24) is 4.90 Å². The van der Waals surface area contributed by atoms with Crippen molar-refractivity contribution in [1.29, 1.82) is 0 Å². The Kier molecular flexibility index (Phi) is 7.22. The maximum absolute atomic E-state index is 10.2. The number of ether oxygens (including phenoxy) is 1. The Balaban J connectivity index is 2.21. The van der Waals surface area contributed by atoms with E-state index in [0.717, 1.165) is 53.3 Å². The molecule has 0 bridgehead atoms. The van der Waals surface area contributed by atoms with Gasteiger partial charge in [0.15, 0.2) is 0 Å². The van der Waals surface area contributed by atoms with Crippen LogP contribution < -0.4 is 4.74 Å². The topological polar surface area (TPSA) is 45.1 Å². The minimum absolute atomic E-state index is 0.446. The standard InChI is InChI=1S/C22H30N2O2/c1-6-9-21(25)18-10-8-11-19(14-18)26-22-13-16(3)20(12-17(22)4)23-15-24(5)7-2/h8,10-15,21,25H,6-7,9H2,1-5H3/b23-15+. The molecule has 26 heavy (non-hydrogen) atoms. The van der Waals surface area contributed by atoms with Gasteiger partial charge < -0.3 is 14.7 Å². The first kappa shape index (κ1) is 20.0. The molecule has 0 fully saturated rings. The lowest BCUT2D eigenvalue weighted by molar-refractivity contribution is 0.166. The van der Waals surface area contributed by atoms with E-state index in [-0.39, 0.29) is 0 Å². The maximum atomic E-state index is 10.2. The van der Waals surface area contributed by atoms with Crippen molar-refractivity contribution in [2.45, 2.75) is 46.6 Å². The molecule has 0 heterocycles. The molecule has 2 aromatic carbocycles. The van der Waals surface area contributed by atoms with Crippen molar-refractivity contribution in [3.63, 3.8) is 0 Å². The summed E-state index contributed by atoms with van der Waals surface area (Å²) in [5.74, 6) is 1.55. The number of aliphatic hydroxyl groups excluding tert-OH is 1. The highest BCUT2D eigenvalue weighted by atomic mass is 16.5. The minimum Gasteiger partial charge on any atom is -0.457 e. The monoisotopic (exact) mass is 354 g/mol. The summed E-state index contributed by atoms with van der Waals surface area (Å²) < 4.78 is 6.09. The van der Waals surface area contributed by atoms with Gasteiger partial charge in [-0.1, -0.05) is 25.5 Å². The maximum Gasteiger partial charge on any atom is 0.130 e. The summed E-state index contributed by atoms with van der Waals surface area (Å²) in [5, 5.41) is 10.2. The van der Waals surface area contributed by atoms with E-state index < -0.39 is 6.10 Å². The first-order valence-electron chi connectivity index (χ1n) is 9.26. The van der Waals surface area contributed by atoms with E-state index in [1.165, 1.54) is 0 Å². The van der Waals surface area contributed by atoms with Crippen LogP contribution in [0.2, 0.25) is 0 Å². The molecule has 0 aromatic heterocycles. The van der Waals surface area contributed by atoms with E-state index in [9.17, 15) is 5.11 Å². The summed E-state index contributed by atoms with van der Waals surface area (Å²) in [6, 6.07) is 11.7. The van der Waals surface area contributed by atoms with E-state index in [1.54, 1.807) is 0 Å². The zero-order valence-corrected chi connectivity index (χ0v) is 16.5. The number of benzene rings is 2. The van der Waals surface area contributed by atoms with Crippen molar-refractivity contribution in [2.75, 3.05) is 13.6 Å². The molecule has 0 aliphatic carbocycles. The van der Waals surface area contributed by atoms with Gasteiger partial charge in [0.25, 0.3) is 0 Å². The molecule has 0 saturated heterocycles. The number of rotatable bonds is 8. The van der Waals surface area contributed by atoms with E-state index in [0.29, 0.717) is 0 Å². The van der Waals surface area contributed by atoms with Crippen LogP contribution in [0.15, 0.2) is 41.4 Å². The molecular formula is C22H30N2O2. The van der Waals surface area contributed by atoms with Crippen LogP contribution in [0.1, 0.15) is 49.5 Å². The van der Waals surface area contributed by atoms with Crippen LogP contribution in [0.3, 0.4) is 0 Å². The van der Waals surface area contributed by atoms with Crippen molar-refractivity contribution in [3.05, 3.63) is 53.1 Å². The van der Waals surface area contributed by atoms with Crippen molar-refractivity contribution in [2.24, 2.45) is 4.99 Å². The first-order valence-corrected chi connectivity index (χ1v) is 9.26. The van der Waals surface area contributed by atoms with Crippen LogP contribution in [0, 0.1) is 13.8 Å². The van der Waals surface area contributed by atoms with Gasteiger partial charge in [-0.05, 0) is 68.1 Å². The van der Waals surface area contributed by atoms with Crippen LogP contribution in [0.5, 0.6) is 11.5 Å². The fraction of sp³-hybridized carbons (Fsp3) is 0.409. The summed E-state index contributed by atoms with van der Waals surface area (Å²) in [4.78, 5) is 6.59. The number of nitrogens with zero attached hydrogens (tertiary/aromatic N) is 2. The van der Waals surface area contributed by atoms with Gasteiger partial charge in [0.1, 0.15) is 11.5 Å². The highest BCUT2D eigenvalue weighted by Crippen LogP contribution is 2.32. The van der Waals surface area contributed by atoms with Crippen molar-refractivity contribution >= 4 is 12.0 Å². The third kappa shape index (κ3) is 5.33. The lowest BCUT2D eigenvalue weighted by atomic mass is 10.1. The average Bonchev–Trinajstić information content (AvgIpc) is 2.63. The molecular weight excluding hydrogens is 324 g/mol. The van der Waals surface area contributed by atoms with Gasteiger partial charge in [-0.2, -0.15) is 0 Å². The number of hydrogen-bond donors (Lipinski definition) is 1. The molecule has 0 radical (unpaired) electrons. The molecule has 2 aromatic rings. The molecule has 0 amide bonds. The second kappa shape index (κ2) is 9.39. The molecule has 0 aliphatic heterocycles. The second-order valence-electron chi connectivity index (χ2n) is 6.70. The summed E-state index contributed by atoms with van der Waals surface area (Å²) in [5.41, 5.74) is 3.93. The molecule has 1 atom stereocenters. The molecule has 0 saturated carbocycles. The van der Waals surface area contributed by atoms with E-state index >= 15 is 0 Å². The predicted molar refractivity (Wildman–Crippen MR) is 109 cm³/mol. The van der Waals surface area contributed by atoms with Crippen molar-refractivity contribution in [3.8, 4) is 11.5 Å². The molecule has 0 aliphatic rings.